The zero-order chi connectivity index (χ0) is 17.1. The number of nitrogens with zero attached hydrogens (tertiary/aromatic N) is 1. The van der Waals surface area contributed by atoms with Crippen molar-refractivity contribution in [3.8, 4) is 0 Å². The molecule has 0 fully saturated rings. The number of rotatable bonds is 8. The molecule has 2 N–H and O–H groups in total. The number of carbonyl (C=O) groups excluding carboxylic acids is 1. The van der Waals surface area contributed by atoms with Crippen LogP contribution in [0.15, 0.2) is 27.8 Å². The molecule has 1 aromatic rings. The number of ether oxygens (including phenoxy) is 1. The van der Waals surface area contributed by atoms with Gasteiger partial charge in [-0.2, -0.15) is 0 Å². The second-order valence-corrected chi connectivity index (χ2v) is 6.33. The lowest BCUT2D eigenvalue weighted by atomic mass is 10.1. The fourth-order valence-corrected chi connectivity index (χ4v) is 1.98. The van der Waals surface area contributed by atoms with Crippen LogP contribution in [0.25, 0.3) is 0 Å². The molecule has 0 atom stereocenters. The van der Waals surface area contributed by atoms with Crippen LogP contribution in [0.2, 0.25) is 0 Å². The van der Waals surface area contributed by atoms with Gasteiger partial charge in [0.1, 0.15) is 11.4 Å². The van der Waals surface area contributed by atoms with Crippen LogP contribution in [0.3, 0.4) is 0 Å². The summed E-state index contributed by atoms with van der Waals surface area (Å²) in [4.78, 5) is 15.7. The lowest BCUT2D eigenvalue weighted by molar-refractivity contribution is -0.154. The summed E-state index contributed by atoms with van der Waals surface area (Å²) >= 11 is 0. The summed E-state index contributed by atoms with van der Waals surface area (Å²) < 4.78 is 10.5. The summed E-state index contributed by atoms with van der Waals surface area (Å²) in [5, 5.41) is 6.42. The molecule has 0 aliphatic carbocycles. The molecule has 0 aromatic carbocycles. The number of halogens is 1. The molecule has 0 amide bonds. The van der Waals surface area contributed by atoms with Crippen molar-refractivity contribution >= 4 is 35.9 Å². The van der Waals surface area contributed by atoms with Gasteiger partial charge in [-0.25, -0.2) is 0 Å². The van der Waals surface area contributed by atoms with Gasteiger partial charge in [-0.3, -0.25) is 9.79 Å². The molecule has 0 saturated carbocycles. The summed E-state index contributed by atoms with van der Waals surface area (Å²) in [5.41, 5.74) is -0.398. The molecule has 6 nitrogen and oxygen atoms in total. The van der Waals surface area contributed by atoms with Crippen molar-refractivity contribution in [2.24, 2.45) is 4.99 Å². The average Bonchev–Trinajstić information content (AvgIpc) is 2.97. The smallest absolute Gasteiger partial charge is 0.306 e. The van der Waals surface area contributed by atoms with Crippen LogP contribution in [0.4, 0.5) is 0 Å². The molecule has 1 heterocycles. The maximum absolute atomic E-state index is 11.6. The van der Waals surface area contributed by atoms with E-state index in [-0.39, 0.29) is 29.9 Å². The van der Waals surface area contributed by atoms with Crippen LogP contribution in [-0.2, 0) is 16.1 Å². The van der Waals surface area contributed by atoms with Gasteiger partial charge in [0.05, 0.1) is 12.8 Å². The highest BCUT2D eigenvalue weighted by molar-refractivity contribution is 14.0. The van der Waals surface area contributed by atoms with Crippen molar-refractivity contribution < 1.29 is 13.9 Å². The third-order valence-corrected chi connectivity index (χ3v) is 3.00. The van der Waals surface area contributed by atoms with E-state index in [2.05, 4.69) is 15.6 Å². The first-order valence-electron chi connectivity index (χ1n) is 8.09. The first-order chi connectivity index (χ1) is 10.9. The highest BCUT2D eigenvalue weighted by Crippen LogP contribution is 2.10. The van der Waals surface area contributed by atoms with E-state index in [1.807, 2.05) is 32.9 Å². The summed E-state index contributed by atoms with van der Waals surface area (Å²) in [6.07, 6.45) is 4.92. The minimum atomic E-state index is -0.398. The van der Waals surface area contributed by atoms with E-state index in [4.69, 9.17) is 9.15 Å². The van der Waals surface area contributed by atoms with Gasteiger partial charge in [0, 0.05) is 20.0 Å². The Balaban J connectivity index is 0.00000529. The zero-order valence-corrected chi connectivity index (χ0v) is 17.4. The summed E-state index contributed by atoms with van der Waals surface area (Å²) in [6, 6.07) is 3.77. The van der Waals surface area contributed by atoms with Gasteiger partial charge in [-0.15, -0.1) is 24.0 Å². The molecule has 0 saturated heterocycles. The fraction of sp³-hybridized carbons (Fsp3) is 0.647. The number of furan rings is 1. The van der Waals surface area contributed by atoms with Gasteiger partial charge in [0.15, 0.2) is 5.96 Å². The average molecular weight is 451 g/mol. The second-order valence-electron chi connectivity index (χ2n) is 6.33. The van der Waals surface area contributed by atoms with Gasteiger partial charge in [0.2, 0.25) is 0 Å². The second kappa shape index (κ2) is 12.2. The Hall–Kier alpha value is -1.25. The van der Waals surface area contributed by atoms with E-state index < -0.39 is 5.60 Å². The Morgan fingerprint density at radius 3 is 2.58 bits per heavy atom. The molecule has 0 bridgehead atoms. The number of guanidine groups is 1. The number of esters is 1. The Morgan fingerprint density at radius 1 is 1.25 bits per heavy atom. The van der Waals surface area contributed by atoms with Gasteiger partial charge in [0.25, 0.3) is 0 Å². The normalized spacial score (nSPS) is 11.6. The van der Waals surface area contributed by atoms with E-state index in [0.29, 0.717) is 13.0 Å². The van der Waals surface area contributed by atoms with Crippen molar-refractivity contribution in [1.82, 2.24) is 10.6 Å². The molecule has 0 aliphatic heterocycles. The molecule has 0 radical (unpaired) electrons. The highest BCUT2D eigenvalue weighted by atomic mass is 127. The highest BCUT2D eigenvalue weighted by Gasteiger charge is 2.15. The largest absolute Gasteiger partial charge is 0.467 e. The number of hydrogen-bond donors (Lipinski definition) is 2. The molecule has 1 aromatic heterocycles. The summed E-state index contributed by atoms with van der Waals surface area (Å²) in [7, 11) is 1.74. The molecule has 0 unspecified atom stereocenters. The predicted octanol–water partition coefficient (Wildman–Crippen LogP) is 3.46. The van der Waals surface area contributed by atoms with Crippen LogP contribution < -0.4 is 10.6 Å². The Bertz CT molecular complexity index is 482. The quantitative estimate of drug-likeness (QED) is 0.208. The summed E-state index contributed by atoms with van der Waals surface area (Å²) in [5.74, 6) is 1.49. The number of nitrogens with one attached hydrogen (secondary N) is 2. The van der Waals surface area contributed by atoms with Crippen LogP contribution in [0.1, 0.15) is 52.2 Å². The standard InChI is InChI=1S/C17H29N3O3.HI/c1-17(2,3)23-15(21)10-6-5-7-11-19-16(18-4)20-13-14-9-8-12-22-14;/h8-9,12H,5-7,10-11,13H2,1-4H3,(H2,18,19,20);1H. The first kappa shape index (κ1) is 22.8. The van der Waals surface area contributed by atoms with Crippen LogP contribution in [-0.4, -0.2) is 31.1 Å². The third-order valence-electron chi connectivity index (χ3n) is 3.00. The van der Waals surface area contributed by atoms with Crippen LogP contribution in [0, 0.1) is 0 Å². The van der Waals surface area contributed by atoms with Gasteiger partial charge >= 0.3 is 5.97 Å². The van der Waals surface area contributed by atoms with E-state index in [1.165, 1.54) is 0 Å². The van der Waals surface area contributed by atoms with Crippen LogP contribution in [0.5, 0.6) is 0 Å². The Kier molecular flexibility index (Phi) is 11.5. The number of unbranched alkanes of at least 4 members (excludes halogenated alkanes) is 2. The van der Waals surface area contributed by atoms with Crippen molar-refractivity contribution in [3.63, 3.8) is 0 Å². The molecule has 24 heavy (non-hydrogen) atoms. The van der Waals surface area contributed by atoms with Crippen molar-refractivity contribution in [3.05, 3.63) is 24.2 Å². The van der Waals surface area contributed by atoms with Crippen molar-refractivity contribution in [2.75, 3.05) is 13.6 Å². The maximum Gasteiger partial charge on any atom is 0.306 e. The van der Waals surface area contributed by atoms with E-state index in [1.54, 1.807) is 13.3 Å². The first-order valence-corrected chi connectivity index (χ1v) is 8.09. The van der Waals surface area contributed by atoms with Gasteiger partial charge in [-0.1, -0.05) is 6.42 Å². The third kappa shape index (κ3) is 11.3. The molecular formula is C17H30IN3O3. The van der Waals surface area contributed by atoms with Crippen molar-refractivity contribution in [2.45, 2.75) is 58.6 Å². The number of hydrogen-bond acceptors (Lipinski definition) is 4. The van der Waals surface area contributed by atoms with E-state index in [9.17, 15) is 4.79 Å². The van der Waals surface area contributed by atoms with E-state index >= 15 is 0 Å². The molecule has 0 aliphatic rings. The van der Waals surface area contributed by atoms with Gasteiger partial charge in [-0.05, 0) is 45.7 Å². The molecule has 7 heteroatoms. The SMILES string of the molecule is CN=C(NCCCCCC(=O)OC(C)(C)C)NCc1ccco1.I. The topological polar surface area (TPSA) is 75.9 Å². The minimum absolute atomic E-state index is 0. The zero-order valence-electron chi connectivity index (χ0n) is 15.1. The predicted molar refractivity (Wildman–Crippen MR) is 107 cm³/mol. The lowest BCUT2D eigenvalue weighted by Crippen LogP contribution is -2.37. The summed E-state index contributed by atoms with van der Waals surface area (Å²) in [6.45, 7) is 7.07. The monoisotopic (exact) mass is 451 g/mol. The molecule has 1 rings (SSSR count). The molecular weight excluding hydrogens is 421 g/mol. The van der Waals surface area contributed by atoms with Gasteiger partial charge < -0.3 is 19.8 Å². The fourth-order valence-electron chi connectivity index (χ4n) is 1.98. The number of carbonyl (C=O) groups is 1. The number of aliphatic imine (C=N–C) groups is 1. The van der Waals surface area contributed by atoms with Crippen molar-refractivity contribution in [1.29, 1.82) is 0 Å². The van der Waals surface area contributed by atoms with Crippen LogP contribution >= 0.6 is 24.0 Å². The van der Waals surface area contributed by atoms with E-state index in [0.717, 1.165) is 37.5 Å². The Labute approximate surface area is 161 Å². The minimum Gasteiger partial charge on any atom is -0.467 e. The lowest BCUT2D eigenvalue weighted by Gasteiger charge is -2.19. The molecule has 0 spiro atoms. The molecule has 138 valence electrons. The Morgan fingerprint density at radius 2 is 2.00 bits per heavy atom. The maximum atomic E-state index is 11.6.